The topological polar surface area (TPSA) is 82.7 Å². The van der Waals surface area contributed by atoms with Crippen molar-refractivity contribution in [2.45, 2.75) is 38.5 Å². The summed E-state index contributed by atoms with van der Waals surface area (Å²) in [6.45, 7) is 1.93. The van der Waals surface area contributed by atoms with Gasteiger partial charge in [0.05, 0.1) is 12.7 Å². The molecule has 2 fully saturated rings. The Hall–Kier alpha value is -2.83. The predicted molar refractivity (Wildman–Crippen MR) is 114 cm³/mol. The average molecular weight is 412 g/mol. The molecular weight excluding hydrogens is 382 g/mol. The molecule has 1 saturated heterocycles. The minimum Gasteiger partial charge on any atom is -0.497 e. The summed E-state index contributed by atoms with van der Waals surface area (Å²) < 4.78 is 5.22. The van der Waals surface area contributed by atoms with Gasteiger partial charge < -0.3 is 19.5 Å². The molecule has 30 heavy (non-hydrogen) atoms. The number of aromatic amines is 1. The van der Waals surface area contributed by atoms with Crippen LogP contribution in [0.1, 0.15) is 48.9 Å². The minimum absolute atomic E-state index is 0.0166. The number of Topliss-reactive ketones (excluding diaryl/α,β-unsaturated/α-hetero) is 1. The monoisotopic (exact) mass is 411 g/mol. The number of methoxy groups -OCH3 is 1. The molecule has 1 aromatic heterocycles. The third-order valence-electron chi connectivity index (χ3n) is 6.35. The van der Waals surface area contributed by atoms with Crippen molar-refractivity contribution < 1.29 is 19.1 Å². The summed E-state index contributed by atoms with van der Waals surface area (Å²) in [7, 11) is 1.58. The smallest absolute Gasteiger partial charge is 0.295 e. The fourth-order valence-corrected chi connectivity index (χ4v) is 4.41. The zero-order chi connectivity index (χ0) is 21.1. The van der Waals surface area contributed by atoms with Gasteiger partial charge in [0.1, 0.15) is 12.3 Å². The first-order valence-electron chi connectivity index (χ1n) is 10.8. The van der Waals surface area contributed by atoms with E-state index in [1.807, 2.05) is 0 Å². The average Bonchev–Trinajstić information content (AvgIpc) is 3.14. The summed E-state index contributed by atoms with van der Waals surface area (Å²) in [6.07, 6.45) is 8.16. The molecule has 7 heteroatoms. The molecule has 1 aliphatic carbocycles. The molecule has 1 saturated carbocycles. The summed E-state index contributed by atoms with van der Waals surface area (Å²) in [5.74, 6) is -0.202. The molecule has 1 aliphatic heterocycles. The number of hydrogen-bond donors (Lipinski definition) is 1. The van der Waals surface area contributed by atoms with Gasteiger partial charge in [0.15, 0.2) is 0 Å². The third kappa shape index (κ3) is 4.20. The molecule has 1 N–H and O–H groups in total. The maximum Gasteiger partial charge on any atom is 0.295 e. The summed E-state index contributed by atoms with van der Waals surface area (Å²) in [4.78, 5) is 45.2. The van der Waals surface area contributed by atoms with Crippen molar-refractivity contribution in [2.24, 2.45) is 5.92 Å². The zero-order valence-electron chi connectivity index (χ0n) is 17.5. The first-order valence-corrected chi connectivity index (χ1v) is 10.8. The van der Waals surface area contributed by atoms with E-state index in [9.17, 15) is 14.4 Å². The lowest BCUT2D eigenvalue weighted by atomic mass is 9.88. The van der Waals surface area contributed by atoms with E-state index < -0.39 is 11.7 Å². The number of rotatable bonds is 7. The van der Waals surface area contributed by atoms with Crippen LogP contribution in [0.3, 0.4) is 0 Å². The molecule has 160 valence electrons. The van der Waals surface area contributed by atoms with Crippen LogP contribution in [0.25, 0.3) is 10.9 Å². The number of fused-ring (bicyclic) bond motifs is 1. The fraction of sp³-hybridized carbons (Fsp3) is 0.522. The van der Waals surface area contributed by atoms with Crippen molar-refractivity contribution in [3.63, 3.8) is 0 Å². The van der Waals surface area contributed by atoms with Crippen LogP contribution >= 0.6 is 0 Å². The number of amides is 2. The number of carbonyl (C=O) groups is 3. The van der Waals surface area contributed by atoms with Gasteiger partial charge in [-0.3, -0.25) is 14.4 Å². The standard InChI is InChI=1S/C23H29N3O4/c1-30-17-8-9-18-19(13-24-20(18)12-17)22(28)23(29)26(14-16-6-3-2-4-7-16)15-21(27)25-10-5-11-25/h8-9,12-13,16,24H,2-7,10-11,14-15H2,1H3. The summed E-state index contributed by atoms with van der Waals surface area (Å²) in [5, 5.41) is 0.681. The normalized spacial score (nSPS) is 16.9. The second kappa shape index (κ2) is 8.90. The van der Waals surface area contributed by atoms with Crippen LogP contribution in [0.5, 0.6) is 5.75 Å². The van der Waals surface area contributed by atoms with E-state index in [2.05, 4.69) is 4.98 Å². The maximum atomic E-state index is 13.2. The highest BCUT2D eigenvalue weighted by atomic mass is 16.5. The first-order chi connectivity index (χ1) is 14.6. The van der Waals surface area contributed by atoms with Crippen molar-refractivity contribution in [3.05, 3.63) is 30.0 Å². The molecular formula is C23H29N3O4. The minimum atomic E-state index is -0.592. The molecule has 7 nitrogen and oxygen atoms in total. The Kier molecular flexibility index (Phi) is 6.06. The van der Waals surface area contributed by atoms with Gasteiger partial charge in [0.2, 0.25) is 5.91 Å². The summed E-state index contributed by atoms with van der Waals surface area (Å²) >= 11 is 0. The van der Waals surface area contributed by atoms with Crippen LogP contribution in [0, 0.1) is 5.92 Å². The molecule has 2 heterocycles. The van der Waals surface area contributed by atoms with Gasteiger partial charge in [-0.25, -0.2) is 0 Å². The molecule has 0 unspecified atom stereocenters. The highest BCUT2D eigenvalue weighted by molar-refractivity contribution is 6.45. The Labute approximate surface area is 176 Å². The van der Waals surface area contributed by atoms with E-state index in [0.29, 0.717) is 29.2 Å². The number of ketones is 1. The highest BCUT2D eigenvalue weighted by Crippen LogP contribution is 2.26. The molecule has 2 aliphatic rings. The molecule has 2 amide bonds. The summed E-state index contributed by atoms with van der Waals surface area (Å²) in [6, 6.07) is 5.34. The van der Waals surface area contributed by atoms with E-state index in [1.165, 1.54) is 11.3 Å². The number of carbonyl (C=O) groups excluding carboxylic acids is 3. The molecule has 0 radical (unpaired) electrons. The third-order valence-corrected chi connectivity index (χ3v) is 6.35. The van der Waals surface area contributed by atoms with Crippen molar-refractivity contribution in [3.8, 4) is 5.75 Å². The molecule has 1 aromatic carbocycles. The van der Waals surface area contributed by atoms with E-state index in [0.717, 1.165) is 50.7 Å². The van der Waals surface area contributed by atoms with Gasteiger partial charge in [-0.15, -0.1) is 0 Å². The van der Waals surface area contributed by atoms with Crippen molar-refractivity contribution in [2.75, 3.05) is 33.3 Å². The van der Waals surface area contributed by atoms with Crippen LogP contribution < -0.4 is 4.74 Å². The number of ether oxygens (including phenoxy) is 1. The van der Waals surface area contributed by atoms with Crippen molar-refractivity contribution in [1.82, 2.24) is 14.8 Å². The van der Waals surface area contributed by atoms with E-state index in [1.54, 1.807) is 36.4 Å². The van der Waals surface area contributed by atoms with Crippen LogP contribution in [-0.4, -0.2) is 65.7 Å². The second-order valence-corrected chi connectivity index (χ2v) is 8.37. The van der Waals surface area contributed by atoms with Gasteiger partial charge in [-0.2, -0.15) is 0 Å². The maximum absolute atomic E-state index is 13.2. The lowest BCUT2D eigenvalue weighted by molar-refractivity contribution is -0.141. The number of aromatic nitrogens is 1. The Balaban J connectivity index is 1.54. The Morgan fingerprint density at radius 3 is 2.57 bits per heavy atom. The van der Waals surface area contributed by atoms with E-state index in [4.69, 9.17) is 4.74 Å². The van der Waals surface area contributed by atoms with Gasteiger partial charge in [0, 0.05) is 42.8 Å². The van der Waals surface area contributed by atoms with Gasteiger partial charge >= 0.3 is 0 Å². The predicted octanol–water partition coefficient (Wildman–Crippen LogP) is 3.00. The second-order valence-electron chi connectivity index (χ2n) is 8.37. The van der Waals surface area contributed by atoms with Crippen molar-refractivity contribution in [1.29, 1.82) is 0 Å². The van der Waals surface area contributed by atoms with Crippen LogP contribution in [0.2, 0.25) is 0 Å². The number of benzene rings is 1. The molecule has 2 aromatic rings. The zero-order valence-corrected chi connectivity index (χ0v) is 17.5. The number of likely N-dealkylation sites (tertiary alicyclic amines) is 1. The Morgan fingerprint density at radius 1 is 1.13 bits per heavy atom. The lowest BCUT2D eigenvalue weighted by Gasteiger charge is -2.34. The van der Waals surface area contributed by atoms with Gasteiger partial charge in [-0.1, -0.05) is 19.3 Å². The highest BCUT2D eigenvalue weighted by Gasteiger charge is 2.31. The number of H-pyrrole nitrogens is 1. The van der Waals surface area contributed by atoms with E-state index >= 15 is 0 Å². The molecule has 0 bridgehead atoms. The molecule has 0 atom stereocenters. The Bertz CT molecular complexity index is 941. The van der Waals surface area contributed by atoms with Crippen LogP contribution in [0.4, 0.5) is 0 Å². The molecule has 0 spiro atoms. The number of nitrogens with zero attached hydrogens (tertiary/aromatic N) is 2. The van der Waals surface area contributed by atoms with Gasteiger partial charge in [-0.05, 0) is 37.3 Å². The largest absolute Gasteiger partial charge is 0.497 e. The Morgan fingerprint density at radius 2 is 1.90 bits per heavy atom. The number of nitrogens with one attached hydrogen (secondary N) is 1. The quantitative estimate of drug-likeness (QED) is 0.561. The van der Waals surface area contributed by atoms with E-state index in [-0.39, 0.29) is 12.5 Å². The van der Waals surface area contributed by atoms with Crippen molar-refractivity contribution >= 4 is 28.5 Å². The fourth-order valence-electron chi connectivity index (χ4n) is 4.41. The van der Waals surface area contributed by atoms with Crippen LogP contribution in [-0.2, 0) is 9.59 Å². The van der Waals surface area contributed by atoms with Crippen LogP contribution in [0.15, 0.2) is 24.4 Å². The number of hydrogen-bond acceptors (Lipinski definition) is 4. The van der Waals surface area contributed by atoms with Gasteiger partial charge in [0.25, 0.3) is 11.7 Å². The SMILES string of the molecule is COc1ccc2c(C(=O)C(=O)N(CC(=O)N3CCC3)CC3CCCCC3)c[nH]c2c1. The first kappa shape index (κ1) is 20.4. The lowest BCUT2D eigenvalue weighted by Crippen LogP contribution is -2.50. The molecule has 4 rings (SSSR count). The summed E-state index contributed by atoms with van der Waals surface area (Å²) in [5.41, 5.74) is 1.07.